The molecule has 0 aromatic heterocycles. The first kappa shape index (κ1) is 12.8. The normalized spacial score (nSPS) is 9.65. The molecule has 5 nitrogen and oxygen atoms in total. The van der Waals surface area contributed by atoms with Gasteiger partial charge in [-0.05, 0) is 11.6 Å². The zero-order valence-electron chi connectivity index (χ0n) is 9.31. The summed E-state index contributed by atoms with van der Waals surface area (Å²) in [5.74, 6) is -1.35. The molecule has 0 spiro atoms. The summed E-state index contributed by atoms with van der Waals surface area (Å²) in [6.07, 6.45) is 1.76. The predicted molar refractivity (Wildman–Crippen MR) is 63.3 cm³/mol. The number of amides is 2. The highest BCUT2D eigenvalue weighted by Gasteiger charge is 2.16. The Labute approximate surface area is 99.0 Å². The summed E-state index contributed by atoms with van der Waals surface area (Å²) in [5.41, 5.74) is 11.4. The largest absolute Gasteiger partial charge is 0.501 e. The highest BCUT2D eigenvalue weighted by Crippen LogP contribution is 2.15. The second kappa shape index (κ2) is 5.69. The third-order valence-electron chi connectivity index (χ3n) is 2.27. The second-order valence-electron chi connectivity index (χ2n) is 3.36. The van der Waals surface area contributed by atoms with Crippen LogP contribution in [0.25, 0.3) is 0 Å². The quantitative estimate of drug-likeness (QED) is 0.557. The molecule has 0 aliphatic rings. The fourth-order valence-corrected chi connectivity index (χ4v) is 1.56. The topological polar surface area (TPSA) is 95.4 Å². The molecule has 1 aromatic rings. The molecule has 0 radical (unpaired) electrons. The monoisotopic (exact) mass is 234 g/mol. The number of benzene rings is 1. The Balaban J connectivity index is 3.11. The molecule has 90 valence electrons. The van der Waals surface area contributed by atoms with E-state index in [2.05, 4.69) is 6.58 Å². The van der Waals surface area contributed by atoms with Gasteiger partial charge in [0, 0.05) is 6.42 Å². The third-order valence-corrected chi connectivity index (χ3v) is 2.27. The molecule has 4 N–H and O–H groups in total. The Morgan fingerprint density at radius 3 is 2.53 bits per heavy atom. The van der Waals surface area contributed by atoms with Gasteiger partial charge in [-0.1, -0.05) is 18.7 Å². The number of hydrogen-bond acceptors (Lipinski definition) is 3. The minimum atomic E-state index is -0.676. The molecule has 1 aromatic carbocycles. The number of carbonyl (C=O) groups is 2. The highest BCUT2D eigenvalue weighted by molar-refractivity contribution is 6.07. The van der Waals surface area contributed by atoms with Crippen LogP contribution in [-0.2, 0) is 11.2 Å². The van der Waals surface area contributed by atoms with Crippen LogP contribution in [-0.4, -0.2) is 18.4 Å². The van der Waals surface area contributed by atoms with Crippen LogP contribution in [0.1, 0.15) is 26.3 Å². The molecule has 2 amide bonds. The van der Waals surface area contributed by atoms with Crippen molar-refractivity contribution in [1.29, 1.82) is 0 Å². The van der Waals surface area contributed by atoms with E-state index in [9.17, 15) is 9.59 Å². The van der Waals surface area contributed by atoms with Crippen molar-refractivity contribution < 1.29 is 14.3 Å². The first-order valence-electron chi connectivity index (χ1n) is 5.02. The molecule has 5 heteroatoms. The lowest BCUT2D eigenvalue weighted by molar-refractivity contribution is 0.0966. The van der Waals surface area contributed by atoms with Gasteiger partial charge in [-0.2, -0.15) is 0 Å². The fraction of sp³-hybridized carbons (Fsp3) is 0.167. The minimum Gasteiger partial charge on any atom is -0.501 e. The summed E-state index contributed by atoms with van der Waals surface area (Å²) in [7, 11) is 0. The first-order valence-corrected chi connectivity index (χ1v) is 5.02. The fourth-order valence-electron chi connectivity index (χ4n) is 1.56. The van der Waals surface area contributed by atoms with Crippen molar-refractivity contribution in [2.75, 3.05) is 6.61 Å². The van der Waals surface area contributed by atoms with Gasteiger partial charge in [0.2, 0.25) is 11.8 Å². The van der Waals surface area contributed by atoms with E-state index in [4.69, 9.17) is 16.2 Å². The van der Waals surface area contributed by atoms with E-state index in [1.54, 1.807) is 12.1 Å². The van der Waals surface area contributed by atoms with E-state index in [-0.39, 0.29) is 11.1 Å². The number of carbonyl (C=O) groups excluding carboxylic acids is 2. The van der Waals surface area contributed by atoms with Crippen LogP contribution in [0.5, 0.6) is 0 Å². The van der Waals surface area contributed by atoms with Crippen LogP contribution >= 0.6 is 0 Å². The van der Waals surface area contributed by atoms with Crippen molar-refractivity contribution in [1.82, 2.24) is 0 Å². The molecule has 0 saturated carbocycles. The van der Waals surface area contributed by atoms with Gasteiger partial charge in [0.15, 0.2) is 0 Å². The van der Waals surface area contributed by atoms with Gasteiger partial charge < -0.3 is 16.2 Å². The number of rotatable bonds is 6. The van der Waals surface area contributed by atoms with E-state index in [1.807, 2.05) is 0 Å². The van der Waals surface area contributed by atoms with Gasteiger partial charge in [0.1, 0.15) is 0 Å². The Kier molecular flexibility index (Phi) is 4.28. The third kappa shape index (κ3) is 3.07. The summed E-state index contributed by atoms with van der Waals surface area (Å²) >= 11 is 0. The average Bonchev–Trinajstić information content (AvgIpc) is 2.28. The molecule has 0 bridgehead atoms. The Morgan fingerprint density at radius 1 is 1.29 bits per heavy atom. The molecule has 0 fully saturated rings. The van der Waals surface area contributed by atoms with Gasteiger partial charge in [0.05, 0.1) is 24.0 Å². The minimum absolute atomic E-state index is 0.133. The van der Waals surface area contributed by atoms with Gasteiger partial charge in [-0.3, -0.25) is 9.59 Å². The molecule has 0 aliphatic carbocycles. The SMILES string of the molecule is C=COCCc1cccc(C(N)=O)c1C(N)=O. The van der Waals surface area contributed by atoms with Crippen LogP contribution in [0.4, 0.5) is 0 Å². The van der Waals surface area contributed by atoms with Gasteiger partial charge >= 0.3 is 0 Å². The molecule has 17 heavy (non-hydrogen) atoms. The molecule has 0 aliphatic heterocycles. The van der Waals surface area contributed by atoms with E-state index in [1.165, 1.54) is 12.3 Å². The average molecular weight is 234 g/mol. The molecule has 0 atom stereocenters. The van der Waals surface area contributed by atoms with E-state index < -0.39 is 11.8 Å². The molecule has 1 rings (SSSR count). The maximum Gasteiger partial charge on any atom is 0.249 e. The maximum absolute atomic E-state index is 11.3. The van der Waals surface area contributed by atoms with Gasteiger partial charge in [-0.15, -0.1) is 0 Å². The smallest absolute Gasteiger partial charge is 0.249 e. The summed E-state index contributed by atoms with van der Waals surface area (Å²) < 4.78 is 4.97. The summed E-state index contributed by atoms with van der Waals surface area (Å²) in [5, 5.41) is 0. The Bertz CT molecular complexity index is 455. The summed E-state index contributed by atoms with van der Waals surface area (Å²) in [6.45, 7) is 3.76. The lowest BCUT2D eigenvalue weighted by Gasteiger charge is -2.09. The van der Waals surface area contributed by atoms with Crippen LogP contribution in [0.15, 0.2) is 31.0 Å². The zero-order chi connectivity index (χ0) is 12.8. The second-order valence-corrected chi connectivity index (χ2v) is 3.36. The first-order chi connectivity index (χ1) is 8.07. The van der Waals surface area contributed by atoms with Crippen molar-refractivity contribution in [2.24, 2.45) is 11.5 Å². The number of nitrogens with two attached hydrogens (primary N) is 2. The van der Waals surface area contributed by atoms with Gasteiger partial charge in [0.25, 0.3) is 0 Å². The number of primary amides is 2. The summed E-state index contributed by atoms with van der Waals surface area (Å²) in [4.78, 5) is 22.5. The molecule has 0 saturated heterocycles. The standard InChI is InChI=1S/C12H14N2O3/c1-2-17-7-6-8-4-3-5-9(11(13)15)10(8)12(14)16/h2-5H,1,6-7H2,(H2,13,15)(H2,14,16). The summed E-state index contributed by atoms with van der Waals surface area (Å²) in [6, 6.07) is 4.83. The van der Waals surface area contributed by atoms with Crippen LogP contribution in [0, 0.1) is 0 Å². The number of ether oxygens (including phenoxy) is 1. The molecular weight excluding hydrogens is 220 g/mol. The lowest BCUT2D eigenvalue weighted by atomic mass is 9.98. The van der Waals surface area contributed by atoms with Crippen molar-refractivity contribution >= 4 is 11.8 Å². The molecular formula is C12H14N2O3. The highest BCUT2D eigenvalue weighted by atomic mass is 16.5. The van der Waals surface area contributed by atoms with Crippen LogP contribution < -0.4 is 11.5 Å². The van der Waals surface area contributed by atoms with Crippen molar-refractivity contribution in [2.45, 2.75) is 6.42 Å². The van der Waals surface area contributed by atoms with Crippen LogP contribution in [0.2, 0.25) is 0 Å². The van der Waals surface area contributed by atoms with Crippen molar-refractivity contribution in [3.63, 3.8) is 0 Å². The van der Waals surface area contributed by atoms with E-state index >= 15 is 0 Å². The zero-order valence-corrected chi connectivity index (χ0v) is 9.31. The van der Waals surface area contributed by atoms with Gasteiger partial charge in [-0.25, -0.2) is 0 Å². The Morgan fingerprint density at radius 2 is 2.00 bits per heavy atom. The van der Waals surface area contributed by atoms with E-state index in [0.29, 0.717) is 18.6 Å². The lowest BCUT2D eigenvalue weighted by Crippen LogP contribution is -2.22. The Hall–Kier alpha value is -2.30. The van der Waals surface area contributed by atoms with E-state index in [0.717, 1.165) is 0 Å². The van der Waals surface area contributed by atoms with Crippen LogP contribution in [0.3, 0.4) is 0 Å². The molecule has 0 heterocycles. The maximum atomic E-state index is 11.3. The molecule has 0 unspecified atom stereocenters. The van der Waals surface area contributed by atoms with Crippen molar-refractivity contribution in [3.05, 3.63) is 47.7 Å². The number of hydrogen-bond donors (Lipinski definition) is 2. The predicted octanol–water partition coefficient (Wildman–Crippen LogP) is 0.587. The van der Waals surface area contributed by atoms with Crippen molar-refractivity contribution in [3.8, 4) is 0 Å².